The van der Waals surface area contributed by atoms with Crippen LogP contribution in [0, 0.1) is 0 Å². The zero-order chi connectivity index (χ0) is 14.3. The van der Waals surface area contributed by atoms with Gasteiger partial charge >= 0.3 is 0 Å². The molecule has 0 saturated heterocycles. The lowest BCUT2D eigenvalue weighted by atomic mass is 9.93. The summed E-state index contributed by atoms with van der Waals surface area (Å²) in [5.74, 6) is 0. The number of nitrogens with zero attached hydrogens (tertiary/aromatic N) is 1. The van der Waals surface area contributed by atoms with Gasteiger partial charge in [-0.25, -0.2) is 4.98 Å². The molecule has 0 aliphatic rings. The first kappa shape index (κ1) is 16.6. The van der Waals surface area contributed by atoms with Gasteiger partial charge in [0.1, 0.15) is 0 Å². The molecular weight excluding hydrogens is 256 g/mol. The summed E-state index contributed by atoms with van der Waals surface area (Å²) in [6, 6.07) is 0.371. The molecule has 0 fully saturated rings. The summed E-state index contributed by atoms with van der Waals surface area (Å²) in [4.78, 5) is 4.75. The number of ether oxygens (including phenoxy) is 1. The van der Waals surface area contributed by atoms with Crippen LogP contribution in [0.25, 0.3) is 0 Å². The summed E-state index contributed by atoms with van der Waals surface area (Å²) < 4.78 is 5.66. The Balaban J connectivity index is 2.55. The van der Waals surface area contributed by atoms with E-state index < -0.39 is 0 Å². The highest BCUT2D eigenvalue weighted by Gasteiger charge is 2.18. The summed E-state index contributed by atoms with van der Waals surface area (Å²) in [5.41, 5.74) is 1.33. The van der Waals surface area contributed by atoms with Crippen molar-refractivity contribution in [3.8, 4) is 0 Å². The number of thiazole rings is 1. The molecule has 1 rings (SSSR count). The predicted molar refractivity (Wildman–Crippen MR) is 83.1 cm³/mol. The number of rotatable bonds is 8. The molecule has 1 N–H and O–H groups in total. The van der Waals surface area contributed by atoms with Crippen molar-refractivity contribution in [3.63, 3.8) is 0 Å². The van der Waals surface area contributed by atoms with Crippen molar-refractivity contribution in [3.05, 3.63) is 16.1 Å². The van der Waals surface area contributed by atoms with E-state index in [2.05, 4.69) is 45.3 Å². The van der Waals surface area contributed by atoms with Gasteiger partial charge in [-0.1, -0.05) is 34.6 Å². The number of hydrogen-bond acceptors (Lipinski definition) is 4. The smallest absolute Gasteiger partial charge is 0.0944 e. The van der Waals surface area contributed by atoms with Gasteiger partial charge in [0.05, 0.1) is 17.3 Å². The van der Waals surface area contributed by atoms with Gasteiger partial charge < -0.3 is 10.1 Å². The fourth-order valence-corrected chi connectivity index (χ4v) is 2.91. The van der Waals surface area contributed by atoms with Gasteiger partial charge in [0.15, 0.2) is 0 Å². The quantitative estimate of drug-likeness (QED) is 0.743. The number of likely N-dealkylation sites (N-methyl/N-ethyl adjacent to an activating group) is 1. The van der Waals surface area contributed by atoms with Crippen LogP contribution in [-0.4, -0.2) is 30.8 Å². The molecule has 110 valence electrons. The van der Waals surface area contributed by atoms with Gasteiger partial charge in [0.25, 0.3) is 0 Å². The van der Waals surface area contributed by atoms with Crippen molar-refractivity contribution in [2.75, 3.05) is 19.8 Å². The van der Waals surface area contributed by atoms with Crippen molar-refractivity contribution >= 4 is 11.3 Å². The van der Waals surface area contributed by atoms with Gasteiger partial charge in [-0.15, -0.1) is 11.3 Å². The Morgan fingerprint density at radius 3 is 2.63 bits per heavy atom. The van der Waals surface area contributed by atoms with Gasteiger partial charge in [0, 0.05) is 29.9 Å². The van der Waals surface area contributed by atoms with E-state index in [1.807, 2.05) is 0 Å². The first-order chi connectivity index (χ1) is 8.97. The van der Waals surface area contributed by atoms with Crippen LogP contribution in [0.4, 0.5) is 0 Å². The Morgan fingerprint density at radius 1 is 1.37 bits per heavy atom. The minimum Gasteiger partial charge on any atom is -0.380 e. The van der Waals surface area contributed by atoms with Crippen molar-refractivity contribution < 1.29 is 4.74 Å². The van der Waals surface area contributed by atoms with Crippen molar-refractivity contribution in [2.24, 2.45) is 0 Å². The molecule has 0 spiro atoms. The zero-order valence-electron chi connectivity index (χ0n) is 13.0. The van der Waals surface area contributed by atoms with Gasteiger partial charge in [0.2, 0.25) is 0 Å². The van der Waals surface area contributed by atoms with E-state index in [-0.39, 0.29) is 5.41 Å². The molecule has 1 atom stereocenters. The Morgan fingerprint density at radius 2 is 2.11 bits per heavy atom. The first-order valence-corrected chi connectivity index (χ1v) is 8.11. The molecule has 0 radical (unpaired) electrons. The van der Waals surface area contributed by atoms with Crippen LogP contribution in [-0.2, 0) is 16.6 Å². The third-order valence-corrected chi connectivity index (χ3v) is 3.77. The van der Waals surface area contributed by atoms with Crippen molar-refractivity contribution in [2.45, 2.75) is 58.9 Å². The molecule has 0 aliphatic heterocycles. The van der Waals surface area contributed by atoms with E-state index in [0.29, 0.717) is 6.04 Å². The predicted octanol–water partition coefficient (Wildman–Crippen LogP) is 3.39. The summed E-state index contributed by atoms with van der Waals surface area (Å²) in [5, 5.41) is 6.87. The molecule has 1 aromatic heterocycles. The van der Waals surface area contributed by atoms with Crippen LogP contribution < -0.4 is 5.32 Å². The van der Waals surface area contributed by atoms with E-state index in [1.165, 1.54) is 10.7 Å². The maximum absolute atomic E-state index is 5.66. The van der Waals surface area contributed by atoms with Crippen LogP contribution >= 0.6 is 11.3 Å². The summed E-state index contributed by atoms with van der Waals surface area (Å²) in [7, 11) is 0. The Hall–Kier alpha value is -0.450. The van der Waals surface area contributed by atoms with Crippen LogP contribution in [0.5, 0.6) is 0 Å². The van der Waals surface area contributed by atoms with E-state index >= 15 is 0 Å². The number of aromatic nitrogens is 1. The Labute approximate surface area is 121 Å². The van der Waals surface area contributed by atoms with E-state index in [0.717, 1.165) is 32.6 Å². The Kier molecular flexibility index (Phi) is 6.97. The molecule has 0 aromatic carbocycles. The minimum atomic E-state index is 0.140. The average molecular weight is 284 g/mol. The SMILES string of the molecule is CCCOCC(Cc1nc(C(C)(C)C)cs1)NCC. The summed E-state index contributed by atoms with van der Waals surface area (Å²) in [6.07, 6.45) is 2.03. The second kappa shape index (κ2) is 7.98. The molecule has 19 heavy (non-hydrogen) atoms. The molecule has 0 saturated carbocycles. The van der Waals surface area contributed by atoms with E-state index in [9.17, 15) is 0 Å². The lowest BCUT2D eigenvalue weighted by Gasteiger charge is -2.17. The van der Waals surface area contributed by atoms with E-state index in [4.69, 9.17) is 9.72 Å². The summed E-state index contributed by atoms with van der Waals surface area (Å²) in [6.45, 7) is 13.5. The topological polar surface area (TPSA) is 34.1 Å². The maximum Gasteiger partial charge on any atom is 0.0944 e. The molecule has 0 amide bonds. The highest BCUT2D eigenvalue weighted by molar-refractivity contribution is 7.09. The van der Waals surface area contributed by atoms with E-state index in [1.54, 1.807) is 11.3 Å². The molecule has 0 bridgehead atoms. The van der Waals surface area contributed by atoms with Crippen molar-refractivity contribution in [1.29, 1.82) is 0 Å². The molecule has 1 unspecified atom stereocenters. The van der Waals surface area contributed by atoms with Gasteiger partial charge in [-0.05, 0) is 13.0 Å². The van der Waals surface area contributed by atoms with Gasteiger partial charge in [-0.3, -0.25) is 0 Å². The Bertz CT molecular complexity index is 357. The van der Waals surface area contributed by atoms with Crippen molar-refractivity contribution in [1.82, 2.24) is 10.3 Å². The molecular formula is C15H28N2OS. The molecule has 3 nitrogen and oxygen atoms in total. The molecule has 1 heterocycles. The summed E-state index contributed by atoms with van der Waals surface area (Å²) >= 11 is 1.76. The normalized spacial score (nSPS) is 13.7. The lowest BCUT2D eigenvalue weighted by Crippen LogP contribution is -2.35. The monoisotopic (exact) mass is 284 g/mol. The van der Waals surface area contributed by atoms with Crippen LogP contribution in [0.15, 0.2) is 5.38 Å². The third kappa shape index (κ3) is 6.02. The highest BCUT2D eigenvalue weighted by Crippen LogP contribution is 2.24. The lowest BCUT2D eigenvalue weighted by molar-refractivity contribution is 0.112. The van der Waals surface area contributed by atoms with Crippen LogP contribution in [0.3, 0.4) is 0 Å². The third-order valence-electron chi connectivity index (χ3n) is 2.90. The molecule has 4 heteroatoms. The number of hydrogen-bond donors (Lipinski definition) is 1. The average Bonchev–Trinajstić information content (AvgIpc) is 2.78. The second-order valence-electron chi connectivity index (χ2n) is 5.91. The molecule has 1 aromatic rings. The zero-order valence-corrected chi connectivity index (χ0v) is 13.8. The largest absolute Gasteiger partial charge is 0.380 e. The maximum atomic E-state index is 5.66. The fraction of sp³-hybridized carbons (Fsp3) is 0.800. The first-order valence-electron chi connectivity index (χ1n) is 7.23. The standard InChI is InChI=1S/C15H28N2OS/c1-6-8-18-10-12(16-7-2)9-14-17-13(11-19-14)15(3,4)5/h11-12,16H,6-10H2,1-5H3. The number of nitrogens with one attached hydrogen (secondary N) is 1. The highest BCUT2D eigenvalue weighted by atomic mass is 32.1. The van der Waals surface area contributed by atoms with Crippen LogP contribution in [0.1, 0.15) is 51.7 Å². The van der Waals surface area contributed by atoms with Gasteiger partial charge in [-0.2, -0.15) is 0 Å². The molecule has 0 aliphatic carbocycles. The fourth-order valence-electron chi connectivity index (χ4n) is 1.81. The second-order valence-corrected chi connectivity index (χ2v) is 6.85. The minimum absolute atomic E-state index is 0.140. The van der Waals surface area contributed by atoms with Crippen LogP contribution in [0.2, 0.25) is 0 Å².